The number of rotatable bonds is 6. The summed E-state index contributed by atoms with van der Waals surface area (Å²) in [6.07, 6.45) is 4.60. The summed E-state index contributed by atoms with van der Waals surface area (Å²) >= 11 is 0. The van der Waals surface area contributed by atoms with Crippen LogP contribution in [0.15, 0.2) is 35.1 Å². The monoisotopic (exact) mass is 365 g/mol. The van der Waals surface area contributed by atoms with Crippen molar-refractivity contribution in [2.75, 3.05) is 20.2 Å². The molecular weight excluding hydrogens is 346 g/mol. The number of methoxy groups -OCH3 is 1. The van der Waals surface area contributed by atoms with Crippen molar-refractivity contribution in [3.63, 3.8) is 0 Å². The fourth-order valence-corrected chi connectivity index (χ4v) is 4.72. The lowest BCUT2D eigenvalue weighted by molar-refractivity contribution is 0.0692. The fourth-order valence-electron chi connectivity index (χ4n) is 3.09. The van der Waals surface area contributed by atoms with Crippen LogP contribution in [0.3, 0.4) is 0 Å². The number of aromatic carboxylic acids is 1. The molecule has 0 amide bonds. The van der Waals surface area contributed by atoms with Gasteiger partial charge in [0.05, 0.1) is 25.4 Å². The Morgan fingerprint density at radius 1 is 1.28 bits per heavy atom. The van der Waals surface area contributed by atoms with Crippen molar-refractivity contribution in [3.8, 4) is 16.9 Å². The van der Waals surface area contributed by atoms with Crippen LogP contribution in [0.2, 0.25) is 0 Å². The van der Waals surface area contributed by atoms with Crippen molar-refractivity contribution < 1.29 is 27.5 Å². The molecular formula is C17H19NO6S. The lowest BCUT2D eigenvalue weighted by Crippen LogP contribution is -2.29. The van der Waals surface area contributed by atoms with Crippen LogP contribution in [-0.4, -0.2) is 44.0 Å². The van der Waals surface area contributed by atoms with Gasteiger partial charge in [0.2, 0.25) is 10.0 Å². The number of carbonyl (C=O) groups is 1. The van der Waals surface area contributed by atoms with Gasteiger partial charge >= 0.3 is 5.97 Å². The molecule has 8 heteroatoms. The van der Waals surface area contributed by atoms with Gasteiger partial charge in [-0.3, -0.25) is 0 Å². The van der Waals surface area contributed by atoms with E-state index >= 15 is 0 Å². The highest BCUT2D eigenvalue weighted by Crippen LogP contribution is 2.36. The Balaban J connectivity index is 2.06. The maximum Gasteiger partial charge on any atom is 0.339 e. The van der Waals surface area contributed by atoms with Crippen LogP contribution in [0, 0.1) is 0 Å². The Bertz CT molecular complexity index is 867. The van der Waals surface area contributed by atoms with Gasteiger partial charge in [-0.1, -0.05) is 12.1 Å². The first-order valence-electron chi connectivity index (χ1n) is 7.87. The first kappa shape index (κ1) is 17.5. The van der Waals surface area contributed by atoms with Gasteiger partial charge in [-0.05, 0) is 24.5 Å². The standard InChI is InChI=1S/C17H19NO6S/c1-23-16-14(12-6-9-24-10-12)5-4-13(15(16)17(19)20)11-25(21,22)18-7-2-3-8-18/h4-6,9-10H,2-3,7-8,11H2,1H3,(H,19,20). The number of carboxylic acids is 1. The van der Waals surface area contributed by atoms with Gasteiger partial charge in [0.25, 0.3) is 0 Å². The quantitative estimate of drug-likeness (QED) is 0.845. The summed E-state index contributed by atoms with van der Waals surface area (Å²) < 4.78 is 36.9. The zero-order chi connectivity index (χ0) is 18.0. The second-order valence-electron chi connectivity index (χ2n) is 5.86. The number of carboxylic acid groups (broad SMARTS) is 1. The summed E-state index contributed by atoms with van der Waals surface area (Å²) in [5.41, 5.74) is 1.27. The summed E-state index contributed by atoms with van der Waals surface area (Å²) in [6.45, 7) is 0.962. The molecule has 1 saturated heterocycles. The number of nitrogens with zero attached hydrogens (tertiary/aromatic N) is 1. The van der Waals surface area contributed by atoms with Crippen LogP contribution in [0.1, 0.15) is 28.8 Å². The number of furan rings is 1. The van der Waals surface area contributed by atoms with E-state index in [0.29, 0.717) is 24.2 Å². The maximum atomic E-state index is 12.6. The van der Waals surface area contributed by atoms with Gasteiger partial charge in [0.15, 0.2) is 0 Å². The van der Waals surface area contributed by atoms with Crippen LogP contribution in [-0.2, 0) is 15.8 Å². The molecule has 7 nitrogen and oxygen atoms in total. The molecule has 1 aromatic carbocycles. The van der Waals surface area contributed by atoms with Gasteiger partial charge in [0, 0.05) is 24.2 Å². The van der Waals surface area contributed by atoms with Crippen molar-refractivity contribution >= 4 is 16.0 Å². The Kier molecular flexibility index (Phi) is 4.82. The molecule has 0 atom stereocenters. The zero-order valence-corrected chi connectivity index (χ0v) is 14.6. The van der Waals surface area contributed by atoms with Gasteiger partial charge in [-0.2, -0.15) is 0 Å². The SMILES string of the molecule is COc1c(-c2ccoc2)ccc(CS(=O)(=O)N2CCCC2)c1C(=O)O. The summed E-state index contributed by atoms with van der Waals surface area (Å²) in [4.78, 5) is 11.8. The van der Waals surface area contributed by atoms with Gasteiger partial charge in [0.1, 0.15) is 11.3 Å². The van der Waals surface area contributed by atoms with Crippen LogP contribution in [0.5, 0.6) is 5.75 Å². The van der Waals surface area contributed by atoms with E-state index in [0.717, 1.165) is 12.8 Å². The van der Waals surface area contributed by atoms with E-state index in [-0.39, 0.29) is 22.6 Å². The van der Waals surface area contributed by atoms with Gasteiger partial charge in [-0.15, -0.1) is 0 Å². The molecule has 0 unspecified atom stereocenters. The Morgan fingerprint density at radius 2 is 2.00 bits per heavy atom. The summed E-state index contributed by atoms with van der Waals surface area (Å²) in [6, 6.07) is 4.87. The van der Waals surface area contributed by atoms with Crippen LogP contribution in [0.4, 0.5) is 0 Å². The average molecular weight is 365 g/mol. The molecule has 0 saturated carbocycles. The predicted octanol–water partition coefficient (Wildman–Crippen LogP) is 2.58. The molecule has 3 rings (SSSR count). The molecule has 25 heavy (non-hydrogen) atoms. The lowest BCUT2D eigenvalue weighted by atomic mass is 9.99. The first-order chi connectivity index (χ1) is 11.9. The molecule has 1 N–H and O–H groups in total. The normalized spacial score (nSPS) is 15.4. The predicted molar refractivity (Wildman–Crippen MR) is 91.1 cm³/mol. The molecule has 134 valence electrons. The zero-order valence-electron chi connectivity index (χ0n) is 13.8. The van der Waals surface area contributed by atoms with Crippen LogP contribution in [0.25, 0.3) is 11.1 Å². The molecule has 0 bridgehead atoms. The smallest absolute Gasteiger partial charge is 0.339 e. The number of sulfonamides is 1. The average Bonchev–Trinajstić information content (AvgIpc) is 3.27. The third-order valence-corrected chi connectivity index (χ3v) is 6.12. The van der Waals surface area contributed by atoms with E-state index in [4.69, 9.17) is 9.15 Å². The minimum Gasteiger partial charge on any atom is -0.495 e. The molecule has 0 spiro atoms. The van der Waals surface area contributed by atoms with E-state index in [9.17, 15) is 18.3 Å². The first-order valence-corrected chi connectivity index (χ1v) is 9.48. The number of hydrogen-bond donors (Lipinski definition) is 1. The van der Waals surface area contributed by atoms with Crippen molar-refractivity contribution in [3.05, 3.63) is 41.9 Å². The minimum atomic E-state index is -3.56. The van der Waals surface area contributed by atoms with Crippen LogP contribution < -0.4 is 4.74 Å². The Morgan fingerprint density at radius 3 is 2.56 bits per heavy atom. The molecule has 0 radical (unpaired) electrons. The number of ether oxygens (including phenoxy) is 1. The number of benzene rings is 1. The Hall–Kier alpha value is -2.32. The third kappa shape index (κ3) is 3.40. The fraction of sp³-hybridized carbons (Fsp3) is 0.353. The summed E-state index contributed by atoms with van der Waals surface area (Å²) in [7, 11) is -2.20. The van der Waals surface area contributed by atoms with E-state index in [2.05, 4.69) is 0 Å². The second-order valence-corrected chi connectivity index (χ2v) is 7.83. The second kappa shape index (κ2) is 6.89. The molecule has 1 fully saturated rings. The largest absolute Gasteiger partial charge is 0.495 e. The van der Waals surface area contributed by atoms with Crippen molar-refractivity contribution in [2.24, 2.45) is 0 Å². The molecule has 1 aromatic heterocycles. The van der Waals surface area contributed by atoms with E-state index in [1.807, 2.05) is 0 Å². The summed E-state index contributed by atoms with van der Waals surface area (Å²) in [5.74, 6) is -1.46. The topological polar surface area (TPSA) is 97.0 Å². The molecule has 0 aliphatic carbocycles. The highest BCUT2D eigenvalue weighted by Gasteiger charge is 2.29. The molecule has 1 aliphatic heterocycles. The van der Waals surface area contributed by atoms with E-state index in [1.54, 1.807) is 12.1 Å². The Labute approximate surface area is 145 Å². The highest BCUT2D eigenvalue weighted by atomic mass is 32.2. The van der Waals surface area contributed by atoms with E-state index < -0.39 is 16.0 Å². The maximum absolute atomic E-state index is 12.6. The highest BCUT2D eigenvalue weighted by molar-refractivity contribution is 7.88. The lowest BCUT2D eigenvalue weighted by Gasteiger charge is -2.18. The van der Waals surface area contributed by atoms with E-state index in [1.165, 1.54) is 30.0 Å². The van der Waals surface area contributed by atoms with Gasteiger partial charge < -0.3 is 14.3 Å². The van der Waals surface area contributed by atoms with Crippen molar-refractivity contribution in [2.45, 2.75) is 18.6 Å². The minimum absolute atomic E-state index is 0.128. The summed E-state index contributed by atoms with van der Waals surface area (Å²) in [5, 5.41) is 9.65. The van der Waals surface area contributed by atoms with Crippen LogP contribution >= 0.6 is 0 Å². The molecule has 2 heterocycles. The molecule has 2 aromatic rings. The van der Waals surface area contributed by atoms with Crippen molar-refractivity contribution in [1.29, 1.82) is 0 Å². The van der Waals surface area contributed by atoms with Gasteiger partial charge in [-0.25, -0.2) is 17.5 Å². The number of hydrogen-bond acceptors (Lipinski definition) is 5. The third-order valence-electron chi connectivity index (χ3n) is 4.29. The van der Waals surface area contributed by atoms with Crippen molar-refractivity contribution in [1.82, 2.24) is 4.31 Å². The molecule has 1 aliphatic rings.